The van der Waals surface area contributed by atoms with Gasteiger partial charge in [-0.25, -0.2) is 9.97 Å². The van der Waals surface area contributed by atoms with Crippen LogP contribution in [0, 0.1) is 12.8 Å². The van der Waals surface area contributed by atoms with Crippen molar-refractivity contribution >= 4 is 0 Å². The molecule has 0 radical (unpaired) electrons. The zero-order valence-electron chi connectivity index (χ0n) is 11.7. The minimum Gasteiger partial charge on any atom is -0.311 e. The van der Waals surface area contributed by atoms with Crippen LogP contribution in [0.25, 0.3) is 0 Å². The molecule has 1 atom stereocenters. The minimum atomic E-state index is 0.627. The van der Waals surface area contributed by atoms with E-state index in [2.05, 4.69) is 34.0 Å². The Hall–Kier alpha value is -1.00. The molecule has 4 heteroatoms. The van der Waals surface area contributed by atoms with Crippen molar-refractivity contribution in [2.75, 3.05) is 19.6 Å². The fourth-order valence-electron chi connectivity index (χ4n) is 2.59. The Morgan fingerprint density at radius 3 is 3.06 bits per heavy atom. The summed E-state index contributed by atoms with van der Waals surface area (Å²) in [7, 11) is 0. The number of nitrogens with zero attached hydrogens (tertiary/aromatic N) is 3. The number of nitrogens with one attached hydrogen (secondary N) is 1. The van der Waals surface area contributed by atoms with Crippen molar-refractivity contribution in [3.63, 3.8) is 0 Å². The van der Waals surface area contributed by atoms with Crippen molar-refractivity contribution in [3.05, 3.63) is 23.8 Å². The van der Waals surface area contributed by atoms with E-state index in [0.717, 1.165) is 43.6 Å². The quantitative estimate of drug-likeness (QED) is 0.879. The van der Waals surface area contributed by atoms with Gasteiger partial charge in [0.2, 0.25) is 0 Å². The maximum Gasteiger partial charge on any atom is 0.125 e. The van der Waals surface area contributed by atoms with Gasteiger partial charge >= 0.3 is 0 Å². The second kappa shape index (κ2) is 6.25. The number of aryl methyl sites for hydroxylation is 1. The standard InChI is InChI=1S/C14H24N4/c1-11(2)8-14-10-18(7-6-16-14)9-13-4-5-15-12(3)17-13/h4-5,11,14,16H,6-10H2,1-3H3. The van der Waals surface area contributed by atoms with E-state index in [1.807, 2.05) is 19.2 Å². The number of rotatable bonds is 4. The van der Waals surface area contributed by atoms with Gasteiger partial charge in [-0.05, 0) is 25.3 Å². The van der Waals surface area contributed by atoms with Gasteiger partial charge in [0.1, 0.15) is 5.82 Å². The molecule has 2 rings (SSSR count). The minimum absolute atomic E-state index is 0.627. The highest BCUT2D eigenvalue weighted by Crippen LogP contribution is 2.11. The summed E-state index contributed by atoms with van der Waals surface area (Å²) in [6.07, 6.45) is 3.10. The fourth-order valence-corrected chi connectivity index (χ4v) is 2.59. The first kappa shape index (κ1) is 13.4. The first-order chi connectivity index (χ1) is 8.63. The van der Waals surface area contributed by atoms with Gasteiger partial charge in [-0.1, -0.05) is 13.8 Å². The molecule has 1 aliphatic rings. The Morgan fingerprint density at radius 2 is 2.33 bits per heavy atom. The maximum atomic E-state index is 4.48. The molecule has 0 bridgehead atoms. The monoisotopic (exact) mass is 248 g/mol. The van der Waals surface area contributed by atoms with Crippen LogP contribution >= 0.6 is 0 Å². The van der Waals surface area contributed by atoms with E-state index in [4.69, 9.17) is 0 Å². The van der Waals surface area contributed by atoms with Gasteiger partial charge in [-0.2, -0.15) is 0 Å². The van der Waals surface area contributed by atoms with Crippen LogP contribution in [-0.2, 0) is 6.54 Å². The average molecular weight is 248 g/mol. The Morgan fingerprint density at radius 1 is 1.50 bits per heavy atom. The lowest BCUT2D eigenvalue weighted by Crippen LogP contribution is -2.50. The van der Waals surface area contributed by atoms with Crippen molar-refractivity contribution in [2.24, 2.45) is 5.92 Å². The maximum absolute atomic E-state index is 4.48. The van der Waals surface area contributed by atoms with E-state index in [1.54, 1.807) is 0 Å². The summed E-state index contributed by atoms with van der Waals surface area (Å²) >= 11 is 0. The predicted octanol–water partition coefficient (Wildman–Crippen LogP) is 1.60. The lowest BCUT2D eigenvalue weighted by Gasteiger charge is -2.34. The third-order valence-corrected chi connectivity index (χ3v) is 3.31. The third-order valence-electron chi connectivity index (χ3n) is 3.31. The van der Waals surface area contributed by atoms with Gasteiger partial charge < -0.3 is 5.32 Å². The number of aromatic nitrogens is 2. The highest BCUT2D eigenvalue weighted by atomic mass is 15.2. The Bertz CT molecular complexity index is 378. The van der Waals surface area contributed by atoms with E-state index in [-0.39, 0.29) is 0 Å². The molecule has 1 aromatic rings. The highest BCUT2D eigenvalue weighted by molar-refractivity contribution is 5.02. The van der Waals surface area contributed by atoms with E-state index in [1.165, 1.54) is 6.42 Å². The first-order valence-electron chi connectivity index (χ1n) is 6.87. The number of hydrogen-bond donors (Lipinski definition) is 1. The number of hydrogen-bond acceptors (Lipinski definition) is 4. The van der Waals surface area contributed by atoms with Crippen LogP contribution in [0.2, 0.25) is 0 Å². The molecule has 1 N–H and O–H groups in total. The molecule has 1 aliphatic heterocycles. The van der Waals surface area contributed by atoms with Crippen LogP contribution in [-0.4, -0.2) is 40.5 Å². The molecule has 4 nitrogen and oxygen atoms in total. The van der Waals surface area contributed by atoms with Crippen molar-refractivity contribution < 1.29 is 0 Å². The summed E-state index contributed by atoms with van der Waals surface area (Å²) in [6, 6.07) is 2.65. The van der Waals surface area contributed by atoms with Gasteiger partial charge in [-0.15, -0.1) is 0 Å². The molecular formula is C14H24N4. The Balaban J connectivity index is 1.89. The van der Waals surface area contributed by atoms with Gasteiger partial charge in [0.15, 0.2) is 0 Å². The van der Waals surface area contributed by atoms with Crippen molar-refractivity contribution in [1.82, 2.24) is 20.2 Å². The molecule has 1 fully saturated rings. The molecule has 0 aliphatic carbocycles. The molecule has 0 spiro atoms. The fraction of sp³-hybridized carbons (Fsp3) is 0.714. The van der Waals surface area contributed by atoms with E-state index in [9.17, 15) is 0 Å². The van der Waals surface area contributed by atoms with E-state index >= 15 is 0 Å². The smallest absolute Gasteiger partial charge is 0.125 e. The average Bonchev–Trinajstić information content (AvgIpc) is 2.28. The van der Waals surface area contributed by atoms with Crippen LogP contribution in [0.15, 0.2) is 12.3 Å². The SMILES string of the molecule is Cc1nccc(CN2CCNC(CC(C)C)C2)n1. The summed E-state index contributed by atoms with van der Waals surface area (Å²) in [4.78, 5) is 11.1. The summed E-state index contributed by atoms with van der Waals surface area (Å²) in [5.41, 5.74) is 1.13. The highest BCUT2D eigenvalue weighted by Gasteiger charge is 2.20. The second-order valence-corrected chi connectivity index (χ2v) is 5.61. The summed E-state index contributed by atoms with van der Waals surface area (Å²) < 4.78 is 0. The number of piperazine rings is 1. The molecule has 1 saturated heterocycles. The molecule has 100 valence electrons. The first-order valence-corrected chi connectivity index (χ1v) is 6.87. The molecule has 0 amide bonds. The summed E-state index contributed by atoms with van der Waals surface area (Å²) in [5, 5.41) is 3.60. The molecular weight excluding hydrogens is 224 g/mol. The predicted molar refractivity (Wildman–Crippen MR) is 73.3 cm³/mol. The van der Waals surface area contributed by atoms with Crippen molar-refractivity contribution in [2.45, 2.75) is 39.8 Å². The zero-order chi connectivity index (χ0) is 13.0. The van der Waals surface area contributed by atoms with Gasteiger partial charge in [0.05, 0.1) is 5.69 Å². The van der Waals surface area contributed by atoms with Gasteiger partial charge in [0, 0.05) is 38.4 Å². The van der Waals surface area contributed by atoms with Crippen LogP contribution in [0.3, 0.4) is 0 Å². The van der Waals surface area contributed by atoms with Crippen molar-refractivity contribution in [3.8, 4) is 0 Å². The van der Waals surface area contributed by atoms with Crippen LogP contribution in [0.1, 0.15) is 31.8 Å². The topological polar surface area (TPSA) is 41.1 Å². The molecule has 18 heavy (non-hydrogen) atoms. The molecule has 1 aromatic heterocycles. The van der Waals surface area contributed by atoms with Crippen molar-refractivity contribution in [1.29, 1.82) is 0 Å². The largest absolute Gasteiger partial charge is 0.311 e. The van der Waals surface area contributed by atoms with E-state index < -0.39 is 0 Å². The molecule has 0 aromatic carbocycles. The Labute approximate surface area is 110 Å². The lowest BCUT2D eigenvalue weighted by molar-refractivity contribution is 0.178. The van der Waals surface area contributed by atoms with Gasteiger partial charge in [-0.3, -0.25) is 4.90 Å². The van der Waals surface area contributed by atoms with Crippen LogP contribution in [0.4, 0.5) is 0 Å². The van der Waals surface area contributed by atoms with Gasteiger partial charge in [0.25, 0.3) is 0 Å². The summed E-state index contributed by atoms with van der Waals surface area (Å²) in [5.74, 6) is 1.62. The Kier molecular flexibility index (Phi) is 4.66. The molecule has 2 heterocycles. The second-order valence-electron chi connectivity index (χ2n) is 5.61. The van der Waals surface area contributed by atoms with E-state index in [0.29, 0.717) is 6.04 Å². The van der Waals surface area contributed by atoms with Crippen LogP contribution in [0.5, 0.6) is 0 Å². The third kappa shape index (κ3) is 4.03. The van der Waals surface area contributed by atoms with Crippen LogP contribution < -0.4 is 5.32 Å². The zero-order valence-corrected chi connectivity index (χ0v) is 11.7. The summed E-state index contributed by atoms with van der Waals surface area (Å²) in [6.45, 7) is 10.8. The lowest BCUT2D eigenvalue weighted by atomic mass is 10.0. The molecule has 1 unspecified atom stereocenters. The normalized spacial score (nSPS) is 21.4. The molecule has 0 saturated carbocycles.